The van der Waals surface area contributed by atoms with Gasteiger partial charge in [0, 0.05) is 5.56 Å². The SMILES string of the molecule is COc1ccc(S(=O)(=O)NC=C=Cc2ccc(C(C)=O)cc2)cc1. The van der Waals surface area contributed by atoms with Crippen LogP contribution in [0.2, 0.25) is 0 Å². The van der Waals surface area contributed by atoms with Gasteiger partial charge < -0.3 is 4.74 Å². The van der Waals surface area contributed by atoms with Gasteiger partial charge >= 0.3 is 0 Å². The van der Waals surface area contributed by atoms with Gasteiger partial charge in [-0.1, -0.05) is 24.3 Å². The van der Waals surface area contributed by atoms with Gasteiger partial charge in [-0.15, -0.1) is 5.73 Å². The van der Waals surface area contributed by atoms with Crippen LogP contribution >= 0.6 is 0 Å². The number of methoxy groups -OCH3 is 1. The average molecular weight is 343 g/mol. The Morgan fingerprint density at radius 1 is 1.08 bits per heavy atom. The smallest absolute Gasteiger partial charge is 0.261 e. The Kier molecular flexibility index (Phi) is 5.58. The molecule has 0 spiro atoms. The quantitative estimate of drug-likeness (QED) is 0.646. The first-order chi connectivity index (χ1) is 11.4. The largest absolute Gasteiger partial charge is 0.497 e. The van der Waals surface area contributed by atoms with Crippen molar-refractivity contribution in [3.63, 3.8) is 0 Å². The van der Waals surface area contributed by atoms with E-state index in [0.29, 0.717) is 11.3 Å². The lowest BCUT2D eigenvalue weighted by molar-refractivity contribution is 0.101. The van der Waals surface area contributed by atoms with Crippen molar-refractivity contribution in [1.29, 1.82) is 0 Å². The van der Waals surface area contributed by atoms with Crippen LogP contribution in [0.3, 0.4) is 0 Å². The minimum Gasteiger partial charge on any atom is -0.497 e. The minimum atomic E-state index is -3.65. The molecule has 2 rings (SSSR count). The molecule has 0 radical (unpaired) electrons. The van der Waals surface area contributed by atoms with Crippen LogP contribution in [-0.2, 0) is 10.0 Å². The zero-order valence-corrected chi connectivity index (χ0v) is 14.1. The molecule has 5 nitrogen and oxygen atoms in total. The highest BCUT2D eigenvalue weighted by Crippen LogP contribution is 2.15. The van der Waals surface area contributed by atoms with Crippen molar-refractivity contribution < 1.29 is 17.9 Å². The van der Waals surface area contributed by atoms with Crippen molar-refractivity contribution in [2.75, 3.05) is 7.11 Å². The molecule has 24 heavy (non-hydrogen) atoms. The van der Waals surface area contributed by atoms with E-state index >= 15 is 0 Å². The summed E-state index contributed by atoms with van der Waals surface area (Å²) in [7, 11) is -2.13. The number of benzene rings is 2. The molecule has 0 fully saturated rings. The van der Waals surface area contributed by atoms with Gasteiger partial charge in [0.15, 0.2) is 5.78 Å². The molecule has 2 aromatic rings. The number of hydrogen-bond donors (Lipinski definition) is 1. The van der Waals surface area contributed by atoms with E-state index in [1.165, 1.54) is 32.4 Å². The van der Waals surface area contributed by atoms with Gasteiger partial charge in [0.1, 0.15) is 5.75 Å². The summed E-state index contributed by atoms with van der Waals surface area (Å²) in [5.41, 5.74) is 4.18. The fourth-order valence-corrected chi connectivity index (χ4v) is 2.74. The highest BCUT2D eigenvalue weighted by molar-refractivity contribution is 7.89. The van der Waals surface area contributed by atoms with Crippen LogP contribution in [0, 0.1) is 0 Å². The van der Waals surface area contributed by atoms with Crippen molar-refractivity contribution in [1.82, 2.24) is 4.72 Å². The topological polar surface area (TPSA) is 72.5 Å². The zero-order chi connectivity index (χ0) is 17.6. The maximum atomic E-state index is 12.1. The van der Waals surface area contributed by atoms with E-state index in [9.17, 15) is 13.2 Å². The number of carbonyl (C=O) groups excluding carboxylic acids is 1. The highest BCUT2D eigenvalue weighted by atomic mass is 32.2. The fourth-order valence-electron chi connectivity index (χ4n) is 1.89. The molecule has 0 atom stereocenters. The predicted molar refractivity (Wildman–Crippen MR) is 92.3 cm³/mol. The van der Waals surface area contributed by atoms with Gasteiger partial charge in [-0.25, -0.2) is 8.42 Å². The summed E-state index contributed by atoms with van der Waals surface area (Å²) in [6, 6.07) is 13.0. The summed E-state index contributed by atoms with van der Waals surface area (Å²) < 4.78 is 31.5. The molecular formula is C18H17NO4S. The van der Waals surface area contributed by atoms with Crippen molar-refractivity contribution in [2.45, 2.75) is 11.8 Å². The van der Waals surface area contributed by atoms with Crippen molar-refractivity contribution in [2.24, 2.45) is 0 Å². The molecule has 0 aromatic heterocycles. The monoisotopic (exact) mass is 343 g/mol. The Morgan fingerprint density at radius 2 is 1.71 bits per heavy atom. The van der Waals surface area contributed by atoms with Crippen LogP contribution in [0.1, 0.15) is 22.8 Å². The van der Waals surface area contributed by atoms with Crippen LogP contribution < -0.4 is 9.46 Å². The second kappa shape index (κ2) is 7.64. The van der Waals surface area contributed by atoms with Gasteiger partial charge in [-0.3, -0.25) is 9.52 Å². The number of nitrogens with one attached hydrogen (secondary N) is 1. The highest BCUT2D eigenvalue weighted by Gasteiger charge is 2.11. The molecule has 0 bridgehead atoms. The summed E-state index contributed by atoms with van der Waals surface area (Å²) in [6.45, 7) is 1.50. The van der Waals surface area contributed by atoms with Crippen LogP contribution in [0.15, 0.2) is 65.4 Å². The average Bonchev–Trinajstić information content (AvgIpc) is 2.59. The maximum Gasteiger partial charge on any atom is 0.261 e. The summed E-state index contributed by atoms with van der Waals surface area (Å²) >= 11 is 0. The lowest BCUT2D eigenvalue weighted by Gasteiger charge is -2.04. The molecule has 0 aliphatic heterocycles. The molecule has 0 saturated carbocycles. The number of ketones is 1. The molecule has 0 saturated heterocycles. The summed E-state index contributed by atoms with van der Waals surface area (Å²) in [6.07, 6.45) is 2.83. The summed E-state index contributed by atoms with van der Waals surface area (Å²) in [5.74, 6) is 0.576. The zero-order valence-electron chi connectivity index (χ0n) is 13.3. The van der Waals surface area contributed by atoms with E-state index in [0.717, 1.165) is 5.56 Å². The first-order valence-electron chi connectivity index (χ1n) is 7.11. The minimum absolute atomic E-state index is 0.00618. The second-order valence-electron chi connectivity index (χ2n) is 4.93. The number of hydrogen-bond acceptors (Lipinski definition) is 4. The van der Waals surface area contributed by atoms with Gasteiger partial charge in [0.25, 0.3) is 10.0 Å². The van der Waals surface area contributed by atoms with Gasteiger partial charge in [0.05, 0.1) is 18.2 Å². The molecular weight excluding hydrogens is 326 g/mol. The summed E-state index contributed by atoms with van der Waals surface area (Å²) in [5, 5.41) is 0. The van der Waals surface area contributed by atoms with E-state index in [2.05, 4.69) is 10.5 Å². The molecule has 0 amide bonds. The second-order valence-corrected chi connectivity index (χ2v) is 6.64. The molecule has 0 heterocycles. The number of Topliss-reactive ketones (excluding diaryl/α,β-unsaturated/α-hetero) is 1. The molecule has 124 valence electrons. The third-order valence-corrected chi connectivity index (χ3v) is 4.56. The predicted octanol–water partition coefficient (Wildman–Crippen LogP) is 3.00. The number of rotatable bonds is 6. The van der Waals surface area contributed by atoms with Crippen LogP contribution in [0.25, 0.3) is 6.08 Å². The van der Waals surface area contributed by atoms with E-state index < -0.39 is 10.0 Å². The Balaban J connectivity index is 2.07. The first-order valence-corrected chi connectivity index (χ1v) is 8.59. The number of sulfonamides is 1. The lowest BCUT2D eigenvalue weighted by Crippen LogP contribution is -2.17. The Labute approximate surface area is 141 Å². The first kappa shape index (κ1) is 17.5. The van der Waals surface area contributed by atoms with Crippen LogP contribution in [-0.4, -0.2) is 21.3 Å². The number of carbonyl (C=O) groups is 1. The van der Waals surface area contributed by atoms with E-state index in [1.807, 2.05) is 0 Å². The Hall–Kier alpha value is -2.82. The normalized spacial score (nSPS) is 10.4. The molecule has 2 aromatic carbocycles. The van der Waals surface area contributed by atoms with Crippen LogP contribution in [0.4, 0.5) is 0 Å². The van der Waals surface area contributed by atoms with Gasteiger partial charge in [0.2, 0.25) is 0 Å². The lowest BCUT2D eigenvalue weighted by atomic mass is 10.1. The molecule has 0 aliphatic rings. The molecule has 1 N–H and O–H groups in total. The van der Waals surface area contributed by atoms with E-state index in [4.69, 9.17) is 4.74 Å². The fraction of sp³-hybridized carbons (Fsp3) is 0.111. The van der Waals surface area contributed by atoms with Crippen LogP contribution in [0.5, 0.6) is 5.75 Å². The van der Waals surface area contributed by atoms with Gasteiger partial charge in [-0.2, -0.15) is 0 Å². The molecule has 0 unspecified atom stereocenters. The Bertz CT molecular complexity index is 876. The van der Waals surface area contributed by atoms with Crippen molar-refractivity contribution in [3.05, 3.63) is 71.6 Å². The van der Waals surface area contributed by atoms with Crippen molar-refractivity contribution >= 4 is 21.9 Å². The van der Waals surface area contributed by atoms with E-state index in [1.54, 1.807) is 42.5 Å². The third-order valence-electron chi connectivity index (χ3n) is 3.23. The third kappa shape index (κ3) is 4.59. The van der Waals surface area contributed by atoms with E-state index in [-0.39, 0.29) is 10.7 Å². The van der Waals surface area contributed by atoms with Crippen molar-refractivity contribution in [3.8, 4) is 5.75 Å². The molecule has 0 aliphatic carbocycles. The molecule has 6 heteroatoms. The number of ether oxygens (including phenoxy) is 1. The standard InChI is InChI=1S/C18H17NO4S/c1-14(20)16-7-5-15(6-8-16)4-3-13-19-24(21,22)18-11-9-17(23-2)10-12-18/h4-13,19H,1-2H3. The Morgan fingerprint density at radius 3 is 2.25 bits per heavy atom. The van der Waals surface area contributed by atoms with Gasteiger partial charge in [-0.05, 0) is 42.8 Å². The summed E-state index contributed by atoms with van der Waals surface area (Å²) in [4.78, 5) is 11.3. The maximum absolute atomic E-state index is 12.1.